The minimum Gasteiger partial charge on any atom is -0.449 e. The van der Waals surface area contributed by atoms with Crippen LogP contribution in [0.2, 0.25) is 0 Å². The number of aliphatic hydroxyl groups is 3. The number of carbonyl (C=O) groups excluding carboxylic acids is 3. The Morgan fingerprint density at radius 2 is 1.70 bits per heavy atom. The number of rotatable bonds is 5. The van der Waals surface area contributed by atoms with Crippen molar-refractivity contribution in [3.05, 3.63) is 35.5 Å². The Morgan fingerprint density at radius 3 is 2.39 bits per heavy atom. The van der Waals surface area contributed by atoms with Gasteiger partial charge in [-0.15, -0.1) is 0 Å². The van der Waals surface area contributed by atoms with E-state index in [2.05, 4.69) is 18.3 Å². The number of hydrogen-bond acceptors (Lipinski definition) is 8. The highest BCUT2D eigenvalue weighted by Crippen LogP contribution is 2.19. The van der Waals surface area contributed by atoms with Crippen LogP contribution >= 0.6 is 0 Å². The second kappa shape index (κ2) is 23.1. The van der Waals surface area contributed by atoms with E-state index in [0.717, 1.165) is 44.1 Å². The molecule has 0 radical (unpaired) electrons. The topological polar surface area (TPSA) is 142 Å². The molecular weight excluding hydrogens is 562 g/mol. The normalized spacial score (nSPS) is 32.1. The predicted octanol–water partition coefficient (Wildman–Crippen LogP) is 5.12. The average molecular weight is 622 g/mol. The molecule has 6 atom stereocenters. The lowest BCUT2D eigenvalue weighted by Gasteiger charge is -2.22. The molecular formula is C35H59NO8. The number of allylic oxidation sites excluding steroid dienone is 4. The fourth-order valence-electron chi connectivity index (χ4n) is 5.33. The van der Waals surface area contributed by atoms with Crippen LogP contribution in [0.4, 0.5) is 0 Å². The molecule has 0 aromatic carbocycles. The van der Waals surface area contributed by atoms with E-state index in [-0.39, 0.29) is 31.1 Å². The maximum Gasteiger partial charge on any atom is 0.334 e. The van der Waals surface area contributed by atoms with Crippen LogP contribution in [0, 0.1) is 11.8 Å². The summed E-state index contributed by atoms with van der Waals surface area (Å²) in [6, 6.07) is 0. The lowest BCUT2D eigenvalue weighted by Crippen LogP contribution is -2.42. The number of esters is 1. The number of ketones is 1. The van der Waals surface area contributed by atoms with Gasteiger partial charge in [-0.1, -0.05) is 57.9 Å². The van der Waals surface area contributed by atoms with E-state index >= 15 is 0 Å². The van der Waals surface area contributed by atoms with Gasteiger partial charge in [0.25, 0.3) is 5.91 Å². The molecule has 0 aromatic rings. The van der Waals surface area contributed by atoms with Crippen molar-refractivity contribution in [3.8, 4) is 0 Å². The van der Waals surface area contributed by atoms with Gasteiger partial charge in [0.1, 0.15) is 5.78 Å². The van der Waals surface area contributed by atoms with Gasteiger partial charge >= 0.3 is 5.97 Å². The Kier molecular flexibility index (Phi) is 20.8. The van der Waals surface area contributed by atoms with Crippen LogP contribution in [0.1, 0.15) is 111 Å². The van der Waals surface area contributed by atoms with Crippen molar-refractivity contribution < 1.29 is 39.2 Å². The Labute approximate surface area is 265 Å². The van der Waals surface area contributed by atoms with Crippen LogP contribution in [0.15, 0.2) is 35.5 Å². The van der Waals surface area contributed by atoms with Crippen LogP contribution < -0.4 is 5.32 Å². The molecule has 1 amide bonds. The van der Waals surface area contributed by atoms with E-state index in [4.69, 9.17) is 9.47 Å². The number of β-amino-alcohol motifs (C(OH)–C–C–N with tert-alkyl or cyclic N) is 1. The van der Waals surface area contributed by atoms with E-state index in [0.29, 0.717) is 50.2 Å². The van der Waals surface area contributed by atoms with Crippen LogP contribution in [-0.2, 0) is 23.9 Å². The van der Waals surface area contributed by atoms with Crippen molar-refractivity contribution in [2.75, 3.05) is 20.3 Å². The first-order valence-electron chi connectivity index (χ1n) is 16.6. The third kappa shape index (κ3) is 17.2. The zero-order valence-electron chi connectivity index (χ0n) is 27.8. The van der Waals surface area contributed by atoms with Crippen molar-refractivity contribution in [3.63, 3.8) is 0 Å². The summed E-state index contributed by atoms with van der Waals surface area (Å²) in [7, 11) is 1.61. The monoisotopic (exact) mass is 621 g/mol. The average Bonchev–Trinajstić information content (AvgIpc) is 2.98. The van der Waals surface area contributed by atoms with Crippen molar-refractivity contribution >= 4 is 17.7 Å². The molecule has 0 saturated heterocycles. The lowest BCUT2D eigenvalue weighted by molar-refractivity contribution is -0.152. The first-order chi connectivity index (χ1) is 21.0. The Bertz CT molecular complexity index is 943. The molecule has 1 aliphatic heterocycles. The number of Topliss-reactive ketones (excluding diaryl/α,β-unsaturated/α-hetero) is 1. The number of carbonyl (C=O) groups is 3. The van der Waals surface area contributed by atoms with Crippen molar-refractivity contribution in [2.45, 2.75) is 136 Å². The van der Waals surface area contributed by atoms with Crippen LogP contribution in [0.5, 0.6) is 0 Å². The summed E-state index contributed by atoms with van der Waals surface area (Å²) in [4.78, 5) is 38.0. The second-order valence-corrected chi connectivity index (χ2v) is 12.3. The molecule has 252 valence electrons. The summed E-state index contributed by atoms with van der Waals surface area (Å²) in [6.45, 7) is 7.96. The van der Waals surface area contributed by atoms with Gasteiger partial charge in [0.2, 0.25) is 0 Å². The highest BCUT2D eigenvalue weighted by Gasteiger charge is 2.25. The molecule has 0 aromatic heterocycles. The number of aliphatic hydroxyl groups excluding tert-OH is 3. The van der Waals surface area contributed by atoms with Gasteiger partial charge in [-0.2, -0.15) is 0 Å². The number of methoxy groups -OCH3 is 1. The molecule has 1 heterocycles. The molecule has 44 heavy (non-hydrogen) atoms. The molecule has 0 aliphatic carbocycles. The third-order valence-electron chi connectivity index (χ3n) is 8.14. The molecule has 0 fully saturated rings. The number of amides is 1. The van der Waals surface area contributed by atoms with Gasteiger partial charge in [-0.3, -0.25) is 9.59 Å². The quantitative estimate of drug-likeness (QED) is 0.310. The van der Waals surface area contributed by atoms with Crippen LogP contribution in [-0.4, -0.2) is 77.7 Å². The summed E-state index contributed by atoms with van der Waals surface area (Å²) in [5, 5.41) is 34.1. The summed E-state index contributed by atoms with van der Waals surface area (Å²) >= 11 is 0. The summed E-state index contributed by atoms with van der Waals surface area (Å²) < 4.78 is 10.8. The Morgan fingerprint density at radius 1 is 0.977 bits per heavy atom. The molecule has 1 aliphatic rings. The van der Waals surface area contributed by atoms with Gasteiger partial charge in [0, 0.05) is 38.5 Å². The summed E-state index contributed by atoms with van der Waals surface area (Å²) in [5.74, 6) is -0.300. The molecule has 0 spiro atoms. The van der Waals surface area contributed by atoms with E-state index in [1.165, 1.54) is 0 Å². The maximum absolute atomic E-state index is 12.8. The molecule has 9 heteroatoms. The lowest BCUT2D eigenvalue weighted by atomic mass is 9.95. The number of ether oxygens (including phenoxy) is 2. The zero-order valence-corrected chi connectivity index (χ0v) is 27.8. The van der Waals surface area contributed by atoms with Crippen molar-refractivity contribution in [1.29, 1.82) is 0 Å². The SMILES string of the molecule is CCC[C@@H]1OC(=O)/C(C)=C\[C@H](C)CCCCC(=O)CCC[C@@H](CC)/C=C\C=C(\COC)CC[C@@H](O)[C@H](O)C[C@H](O)CNC1=O. The van der Waals surface area contributed by atoms with Gasteiger partial charge in [0.05, 0.1) is 24.9 Å². The van der Waals surface area contributed by atoms with Gasteiger partial charge in [-0.05, 0) is 75.7 Å². The Hall–Kier alpha value is -2.33. The summed E-state index contributed by atoms with van der Waals surface area (Å²) in [5.41, 5.74) is 1.40. The van der Waals surface area contributed by atoms with Crippen LogP contribution in [0.3, 0.4) is 0 Å². The molecule has 4 N–H and O–H groups in total. The predicted molar refractivity (Wildman–Crippen MR) is 173 cm³/mol. The number of nitrogens with one attached hydrogen (secondary N) is 1. The maximum atomic E-state index is 12.8. The standard InChI is InChI=1S/C35H59NO8/c1-6-12-33-34(41)36-23-30(38)22-32(40)31(39)20-19-28(24-43-5)16-10-14-27(7-2)15-11-18-29(37)17-9-8-13-25(3)21-26(4)35(42)44-33/h10,14,16,21,25,27,30-33,38-40H,6-9,11-13,15,17-20,22-24H2,1-5H3,(H,36,41)/b14-10-,26-21-,28-16+/t25-,27+,30+,31-,32-,33+/m1/s1. The molecule has 0 saturated carbocycles. The fourth-order valence-corrected chi connectivity index (χ4v) is 5.33. The van der Waals surface area contributed by atoms with Crippen molar-refractivity contribution in [1.82, 2.24) is 5.32 Å². The van der Waals surface area contributed by atoms with E-state index in [1.54, 1.807) is 14.0 Å². The minimum absolute atomic E-state index is 0.121. The first-order valence-corrected chi connectivity index (χ1v) is 16.6. The van der Waals surface area contributed by atoms with E-state index in [9.17, 15) is 29.7 Å². The number of hydrogen-bond donors (Lipinski definition) is 4. The third-order valence-corrected chi connectivity index (χ3v) is 8.14. The van der Waals surface area contributed by atoms with Crippen molar-refractivity contribution in [2.24, 2.45) is 11.8 Å². The molecule has 0 unspecified atom stereocenters. The number of cyclic esters (lactones) is 1. The fraction of sp³-hybridized carbons (Fsp3) is 0.743. The molecule has 9 nitrogen and oxygen atoms in total. The molecule has 0 bridgehead atoms. The zero-order chi connectivity index (χ0) is 32.9. The highest BCUT2D eigenvalue weighted by molar-refractivity contribution is 5.91. The molecule has 1 rings (SSSR count). The summed E-state index contributed by atoms with van der Waals surface area (Å²) in [6.07, 6.45) is 11.7. The first kappa shape index (κ1) is 39.7. The van der Waals surface area contributed by atoms with Gasteiger partial charge < -0.3 is 30.1 Å². The van der Waals surface area contributed by atoms with Crippen LogP contribution in [0.25, 0.3) is 0 Å². The second-order valence-electron chi connectivity index (χ2n) is 12.3. The minimum atomic E-state index is -1.18. The van der Waals surface area contributed by atoms with E-state index in [1.807, 2.05) is 32.1 Å². The van der Waals surface area contributed by atoms with Gasteiger partial charge in [0.15, 0.2) is 6.10 Å². The smallest absolute Gasteiger partial charge is 0.334 e. The largest absolute Gasteiger partial charge is 0.449 e. The van der Waals surface area contributed by atoms with E-state index < -0.39 is 36.3 Å². The van der Waals surface area contributed by atoms with Gasteiger partial charge in [-0.25, -0.2) is 4.79 Å². The Balaban J connectivity index is 3.00. The highest BCUT2D eigenvalue weighted by atomic mass is 16.5.